The summed E-state index contributed by atoms with van der Waals surface area (Å²) in [4.78, 5) is 2.65. The van der Waals surface area contributed by atoms with Crippen LogP contribution >= 0.6 is 11.6 Å². The minimum atomic E-state index is 0.00718. The smallest absolute Gasteiger partial charge is 0.186 e. The zero-order chi connectivity index (χ0) is 18.8. The first kappa shape index (κ1) is 19.2. The van der Waals surface area contributed by atoms with Crippen molar-refractivity contribution in [1.29, 1.82) is 0 Å². The van der Waals surface area contributed by atoms with Crippen molar-refractivity contribution < 1.29 is 9.47 Å². The summed E-state index contributed by atoms with van der Waals surface area (Å²) >= 11 is 6.41. The van der Waals surface area contributed by atoms with Gasteiger partial charge in [-0.2, -0.15) is 0 Å². The van der Waals surface area contributed by atoms with Crippen molar-refractivity contribution in [3.8, 4) is 11.5 Å². The Hall–Kier alpha value is -1.13. The Bertz CT molecular complexity index is 652. The SMILES string of the molecule is CC1COc2c(C3CCN(CCC4CCCCC4)CC3)cc(Cl)c(N)c2O1. The predicted molar refractivity (Wildman–Crippen MR) is 111 cm³/mol. The van der Waals surface area contributed by atoms with Gasteiger partial charge < -0.3 is 20.1 Å². The summed E-state index contributed by atoms with van der Waals surface area (Å²) < 4.78 is 12.0. The van der Waals surface area contributed by atoms with Crippen molar-refractivity contribution in [2.45, 2.75) is 70.3 Å². The minimum Gasteiger partial charge on any atom is -0.485 e. The standard InChI is InChI=1S/C22H33ClN2O2/c1-15-14-26-21-18(13-19(23)20(24)22(21)27-15)17-8-11-25(12-9-17)10-7-16-5-3-2-4-6-16/h13,15-17H,2-12,14,24H2,1H3. The van der Waals surface area contributed by atoms with Crippen LogP contribution in [-0.4, -0.2) is 37.2 Å². The van der Waals surface area contributed by atoms with Crippen LogP contribution in [0.2, 0.25) is 5.02 Å². The van der Waals surface area contributed by atoms with E-state index in [1.54, 1.807) is 0 Å². The zero-order valence-corrected chi connectivity index (χ0v) is 17.3. The van der Waals surface area contributed by atoms with E-state index in [-0.39, 0.29) is 6.10 Å². The number of hydrogen-bond donors (Lipinski definition) is 1. The average Bonchev–Trinajstić information content (AvgIpc) is 2.70. The third-order valence-electron chi connectivity index (χ3n) is 6.64. The Kier molecular flexibility index (Phi) is 6.03. The van der Waals surface area contributed by atoms with E-state index in [1.807, 2.05) is 13.0 Å². The van der Waals surface area contributed by atoms with Gasteiger partial charge in [0.05, 0.1) is 10.7 Å². The molecular formula is C22H33ClN2O2. The van der Waals surface area contributed by atoms with Crippen molar-refractivity contribution >= 4 is 17.3 Å². The van der Waals surface area contributed by atoms with Crippen LogP contribution in [0.25, 0.3) is 0 Å². The Labute approximate surface area is 168 Å². The van der Waals surface area contributed by atoms with Crippen LogP contribution in [0.4, 0.5) is 5.69 Å². The first-order valence-electron chi connectivity index (χ1n) is 10.8. The zero-order valence-electron chi connectivity index (χ0n) is 16.5. The molecule has 3 aliphatic rings. The summed E-state index contributed by atoms with van der Waals surface area (Å²) in [6.45, 7) is 6.14. The number of hydrogen-bond acceptors (Lipinski definition) is 4. The van der Waals surface area contributed by atoms with E-state index in [0.29, 0.717) is 29.0 Å². The van der Waals surface area contributed by atoms with Crippen molar-refractivity contribution in [2.75, 3.05) is 32.0 Å². The average molecular weight is 393 g/mol. The summed E-state index contributed by atoms with van der Waals surface area (Å²) in [6.07, 6.45) is 10.9. The van der Waals surface area contributed by atoms with E-state index in [9.17, 15) is 0 Å². The molecule has 0 spiro atoms. The van der Waals surface area contributed by atoms with Gasteiger partial charge in [0.15, 0.2) is 11.5 Å². The quantitative estimate of drug-likeness (QED) is 0.712. The first-order chi connectivity index (χ1) is 13.1. The lowest BCUT2D eigenvalue weighted by atomic mass is 9.85. The molecule has 1 aromatic rings. The topological polar surface area (TPSA) is 47.7 Å². The van der Waals surface area contributed by atoms with E-state index in [1.165, 1.54) is 50.6 Å². The highest BCUT2D eigenvalue weighted by atomic mass is 35.5. The van der Waals surface area contributed by atoms with Crippen LogP contribution in [0.15, 0.2) is 6.07 Å². The van der Waals surface area contributed by atoms with Crippen molar-refractivity contribution in [3.05, 3.63) is 16.7 Å². The highest BCUT2D eigenvalue weighted by Crippen LogP contribution is 2.48. The molecule has 1 atom stereocenters. The second kappa shape index (κ2) is 8.48. The molecule has 4 rings (SSSR count). The van der Waals surface area contributed by atoms with Crippen molar-refractivity contribution in [1.82, 2.24) is 4.90 Å². The highest BCUT2D eigenvalue weighted by molar-refractivity contribution is 6.33. The van der Waals surface area contributed by atoms with Crippen LogP contribution < -0.4 is 15.2 Å². The van der Waals surface area contributed by atoms with Crippen LogP contribution in [-0.2, 0) is 0 Å². The molecule has 27 heavy (non-hydrogen) atoms. The number of piperidine rings is 1. The first-order valence-corrected chi connectivity index (χ1v) is 11.1. The molecule has 150 valence electrons. The molecule has 1 aromatic carbocycles. The van der Waals surface area contributed by atoms with Crippen LogP contribution in [0.3, 0.4) is 0 Å². The molecular weight excluding hydrogens is 360 g/mol. The van der Waals surface area contributed by atoms with Gasteiger partial charge in [-0.3, -0.25) is 0 Å². The third-order valence-corrected chi connectivity index (χ3v) is 6.95. The second-order valence-electron chi connectivity index (χ2n) is 8.67. The second-order valence-corrected chi connectivity index (χ2v) is 9.07. The van der Waals surface area contributed by atoms with E-state index < -0.39 is 0 Å². The molecule has 1 saturated carbocycles. The molecule has 2 heterocycles. The number of halogens is 1. The summed E-state index contributed by atoms with van der Waals surface area (Å²) in [5.74, 6) is 2.92. The summed E-state index contributed by atoms with van der Waals surface area (Å²) in [6, 6.07) is 2.01. The molecule has 0 bridgehead atoms. The molecule has 0 amide bonds. The van der Waals surface area contributed by atoms with Gasteiger partial charge in [0, 0.05) is 5.56 Å². The summed E-state index contributed by atoms with van der Waals surface area (Å²) in [7, 11) is 0. The fraction of sp³-hybridized carbons (Fsp3) is 0.727. The number of nitrogen functional groups attached to an aromatic ring is 1. The summed E-state index contributed by atoms with van der Waals surface area (Å²) in [5, 5.41) is 0.584. The van der Waals surface area contributed by atoms with E-state index >= 15 is 0 Å². The van der Waals surface area contributed by atoms with Gasteiger partial charge in [0.25, 0.3) is 0 Å². The van der Waals surface area contributed by atoms with Crippen molar-refractivity contribution in [2.24, 2.45) is 5.92 Å². The number of likely N-dealkylation sites (tertiary alicyclic amines) is 1. The number of rotatable bonds is 4. The maximum Gasteiger partial charge on any atom is 0.186 e. The van der Waals surface area contributed by atoms with E-state index in [0.717, 1.165) is 37.6 Å². The maximum absolute atomic E-state index is 6.41. The molecule has 5 heteroatoms. The number of anilines is 1. The fourth-order valence-corrected chi connectivity index (χ4v) is 5.16. The Morgan fingerprint density at radius 2 is 1.85 bits per heavy atom. The molecule has 4 nitrogen and oxygen atoms in total. The van der Waals surface area contributed by atoms with Crippen molar-refractivity contribution in [3.63, 3.8) is 0 Å². The van der Waals surface area contributed by atoms with Crippen LogP contribution in [0.1, 0.15) is 69.8 Å². The van der Waals surface area contributed by atoms with Gasteiger partial charge in [0.1, 0.15) is 12.7 Å². The molecule has 2 aliphatic heterocycles. The Morgan fingerprint density at radius 1 is 1.11 bits per heavy atom. The lowest BCUT2D eigenvalue weighted by Gasteiger charge is -2.35. The Balaban J connectivity index is 1.38. The molecule has 1 aliphatic carbocycles. The lowest BCUT2D eigenvalue weighted by Crippen LogP contribution is -2.35. The van der Waals surface area contributed by atoms with Gasteiger partial charge >= 0.3 is 0 Å². The predicted octanol–water partition coefficient (Wildman–Crippen LogP) is 5.23. The largest absolute Gasteiger partial charge is 0.485 e. The fourth-order valence-electron chi connectivity index (χ4n) is 4.96. The van der Waals surface area contributed by atoms with Gasteiger partial charge in [0.2, 0.25) is 0 Å². The van der Waals surface area contributed by atoms with Crippen LogP contribution in [0.5, 0.6) is 11.5 Å². The maximum atomic E-state index is 6.41. The van der Waals surface area contributed by atoms with Gasteiger partial charge in [-0.05, 0) is 63.7 Å². The molecule has 1 unspecified atom stereocenters. The number of fused-ring (bicyclic) bond motifs is 1. The monoisotopic (exact) mass is 392 g/mol. The summed E-state index contributed by atoms with van der Waals surface area (Å²) in [5.41, 5.74) is 7.84. The number of nitrogens with zero attached hydrogens (tertiary/aromatic N) is 1. The number of ether oxygens (including phenoxy) is 2. The Morgan fingerprint density at radius 3 is 2.59 bits per heavy atom. The normalized spacial score (nSPS) is 24.9. The third kappa shape index (κ3) is 4.32. The number of benzene rings is 1. The van der Waals surface area contributed by atoms with Gasteiger partial charge in [-0.15, -0.1) is 0 Å². The number of nitrogens with two attached hydrogens (primary N) is 1. The molecule has 0 aromatic heterocycles. The molecule has 0 radical (unpaired) electrons. The van der Waals surface area contributed by atoms with Gasteiger partial charge in [-0.1, -0.05) is 43.7 Å². The van der Waals surface area contributed by atoms with E-state index in [2.05, 4.69) is 4.90 Å². The lowest BCUT2D eigenvalue weighted by molar-refractivity contribution is 0.102. The van der Waals surface area contributed by atoms with Gasteiger partial charge in [-0.25, -0.2) is 0 Å². The molecule has 2 N–H and O–H groups in total. The van der Waals surface area contributed by atoms with Crippen LogP contribution in [0, 0.1) is 5.92 Å². The minimum absolute atomic E-state index is 0.00718. The molecule has 1 saturated heterocycles. The van der Waals surface area contributed by atoms with E-state index in [4.69, 9.17) is 26.8 Å². The highest BCUT2D eigenvalue weighted by Gasteiger charge is 2.30. The molecule has 2 fully saturated rings.